The Hall–Kier alpha value is -1.75. The molecule has 4 nitrogen and oxygen atoms in total. The number of carboxylic acids is 1. The fourth-order valence-corrected chi connectivity index (χ4v) is 2.91. The van der Waals surface area contributed by atoms with Gasteiger partial charge in [-0.25, -0.2) is 9.78 Å². The van der Waals surface area contributed by atoms with Crippen molar-refractivity contribution in [1.29, 1.82) is 0 Å². The van der Waals surface area contributed by atoms with Crippen LogP contribution < -0.4 is 0 Å². The second kappa shape index (κ2) is 5.48. The molecular weight excluding hydrogens is 260 g/mol. The lowest BCUT2D eigenvalue weighted by Crippen LogP contribution is -2.05. The number of hydrogen-bond donors (Lipinski definition) is 1. The summed E-state index contributed by atoms with van der Waals surface area (Å²) in [5.74, 6) is -0.917. The predicted molar refractivity (Wildman–Crippen MR) is 75.8 cm³/mol. The molecule has 2 rings (SSSR count). The van der Waals surface area contributed by atoms with Gasteiger partial charge in [-0.15, -0.1) is 11.3 Å². The lowest BCUT2D eigenvalue weighted by Gasteiger charge is -2.06. The Morgan fingerprint density at radius 1 is 1.32 bits per heavy atom. The number of carboxylic acid groups (broad SMARTS) is 1. The zero-order chi connectivity index (χ0) is 14.0. The summed E-state index contributed by atoms with van der Waals surface area (Å²) in [6, 6.07) is 3.41. The second-order valence-corrected chi connectivity index (χ2v) is 5.60. The lowest BCUT2D eigenvalue weighted by molar-refractivity contribution is 0.0695. The summed E-state index contributed by atoms with van der Waals surface area (Å²) in [6.07, 6.45) is 1.55. The summed E-state index contributed by atoms with van der Waals surface area (Å²) < 4.78 is 0. The van der Waals surface area contributed by atoms with Crippen LogP contribution in [0, 0.1) is 13.8 Å². The molecule has 0 aromatic carbocycles. The molecule has 0 amide bonds. The van der Waals surface area contributed by atoms with Crippen LogP contribution >= 0.6 is 11.3 Å². The molecule has 2 aromatic rings. The highest BCUT2D eigenvalue weighted by Gasteiger charge is 2.15. The summed E-state index contributed by atoms with van der Waals surface area (Å²) in [6.45, 7) is 5.92. The van der Waals surface area contributed by atoms with Crippen LogP contribution in [0.4, 0.5) is 0 Å². The molecule has 5 heteroatoms. The molecule has 0 saturated heterocycles. The maximum absolute atomic E-state index is 11.2. The van der Waals surface area contributed by atoms with Gasteiger partial charge in [0.05, 0.1) is 32.5 Å². The SMILES string of the molecule is CCCc1nc(-c2sc(C)nc2C)ccc1C(=O)O. The zero-order valence-electron chi connectivity index (χ0n) is 11.2. The van der Waals surface area contributed by atoms with Crippen molar-refractivity contribution in [3.8, 4) is 10.6 Å². The number of aromatic nitrogens is 2. The van der Waals surface area contributed by atoms with Gasteiger partial charge in [-0.3, -0.25) is 4.98 Å². The largest absolute Gasteiger partial charge is 0.478 e. The molecule has 0 bridgehead atoms. The van der Waals surface area contributed by atoms with Crippen LogP contribution in [0.5, 0.6) is 0 Å². The first-order valence-corrected chi connectivity index (χ1v) is 7.02. The molecule has 0 radical (unpaired) electrons. The second-order valence-electron chi connectivity index (χ2n) is 4.39. The smallest absolute Gasteiger partial charge is 0.337 e. The van der Waals surface area contributed by atoms with Crippen LogP contribution in [0.15, 0.2) is 12.1 Å². The number of pyridine rings is 1. The van der Waals surface area contributed by atoms with Crippen molar-refractivity contribution >= 4 is 17.3 Å². The van der Waals surface area contributed by atoms with Crippen LogP contribution in [-0.4, -0.2) is 21.0 Å². The highest BCUT2D eigenvalue weighted by Crippen LogP contribution is 2.29. The van der Waals surface area contributed by atoms with Crippen molar-refractivity contribution in [2.45, 2.75) is 33.6 Å². The summed E-state index contributed by atoms with van der Waals surface area (Å²) in [4.78, 5) is 21.1. The van der Waals surface area contributed by atoms with Crippen LogP contribution in [0.25, 0.3) is 10.6 Å². The summed E-state index contributed by atoms with van der Waals surface area (Å²) >= 11 is 1.59. The maximum atomic E-state index is 11.2. The molecular formula is C14H16N2O2S. The third kappa shape index (κ3) is 2.81. The minimum atomic E-state index is -0.917. The van der Waals surface area contributed by atoms with Gasteiger partial charge in [-0.1, -0.05) is 13.3 Å². The number of aromatic carboxylic acids is 1. The van der Waals surface area contributed by atoms with Gasteiger partial charge >= 0.3 is 5.97 Å². The Labute approximate surface area is 116 Å². The Kier molecular flexibility index (Phi) is 3.95. The van der Waals surface area contributed by atoms with Crippen molar-refractivity contribution in [3.63, 3.8) is 0 Å². The number of aryl methyl sites for hydroxylation is 3. The van der Waals surface area contributed by atoms with Crippen LogP contribution in [0.1, 0.15) is 40.1 Å². The lowest BCUT2D eigenvalue weighted by atomic mass is 10.1. The predicted octanol–water partition coefficient (Wildman–Crippen LogP) is 3.47. The van der Waals surface area contributed by atoms with Gasteiger partial charge in [0.25, 0.3) is 0 Å². The van der Waals surface area contributed by atoms with Crippen LogP contribution in [0.2, 0.25) is 0 Å². The van der Waals surface area contributed by atoms with E-state index in [1.807, 2.05) is 20.8 Å². The van der Waals surface area contributed by atoms with E-state index < -0.39 is 5.97 Å². The van der Waals surface area contributed by atoms with E-state index in [9.17, 15) is 4.79 Å². The average molecular weight is 276 g/mol. The van der Waals surface area contributed by atoms with E-state index in [0.717, 1.165) is 27.7 Å². The summed E-state index contributed by atoms with van der Waals surface area (Å²) in [5.41, 5.74) is 2.71. The summed E-state index contributed by atoms with van der Waals surface area (Å²) in [7, 11) is 0. The van der Waals surface area contributed by atoms with Gasteiger partial charge in [0.2, 0.25) is 0 Å². The highest BCUT2D eigenvalue weighted by atomic mass is 32.1. The molecule has 2 aromatic heterocycles. The third-order valence-electron chi connectivity index (χ3n) is 2.83. The number of nitrogens with zero attached hydrogens (tertiary/aromatic N) is 2. The van der Waals surface area contributed by atoms with E-state index in [2.05, 4.69) is 9.97 Å². The molecule has 100 valence electrons. The molecule has 0 spiro atoms. The minimum Gasteiger partial charge on any atom is -0.478 e. The molecule has 0 unspecified atom stereocenters. The molecule has 0 fully saturated rings. The number of thiazole rings is 1. The van der Waals surface area contributed by atoms with Crippen LogP contribution in [-0.2, 0) is 6.42 Å². The molecule has 0 aliphatic heterocycles. The van der Waals surface area contributed by atoms with Gasteiger partial charge < -0.3 is 5.11 Å². The van der Waals surface area contributed by atoms with Gasteiger partial charge in [0, 0.05) is 0 Å². The van der Waals surface area contributed by atoms with E-state index in [4.69, 9.17) is 5.11 Å². The Morgan fingerprint density at radius 3 is 2.58 bits per heavy atom. The van der Waals surface area contributed by atoms with E-state index in [-0.39, 0.29) is 0 Å². The van der Waals surface area contributed by atoms with E-state index in [1.165, 1.54) is 0 Å². The summed E-state index contributed by atoms with van der Waals surface area (Å²) in [5, 5.41) is 10.2. The van der Waals surface area contributed by atoms with Gasteiger partial charge in [-0.2, -0.15) is 0 Å². The van der Waals surface area contributed by atoms with Crippen molar-refractivity contribution < 1.29 is 9.90 Å². The first-order valence-electron chi connectivity index (χ1n) is 6.20. The maximum Gasteiger partial charge on any atom is 0.337 e. The average Bonchev–Trinajstić information content (AvgIpc) is 2.68. The van der Waals surface area contributed by atoms with Crippen molar-refractivity contribution in [2.75, 3.05) is 0 Å². The normalized spacial score (nSPS) is 10.7. The Balaban J connectivity index is 2.51. The van der Waals surface area contributed by atoms with Crippen molar-refractivity contribution in [2.24, 2.45) is 0 Å². The standard InChI is InChI=1S/C14H16N2O2S/c1-4-5-11-10(14(17)18)6-7-12(16-11)13-8(2)15-9(3)19-13/h6-7H,4-5H2,1-3H3,(H,17,18). The number of carbonyl (C=O) groups is 1. The quantitative estimate of drug-likeness (QED) is 0.928. The molecule has 0 atom stereocenters. The number of rotatable bonds is 4. The molecule has 0 aliphatic carbocycles. The van der Waals surface area contributed by atoms with Crippen molar-refractivity contribution in [3.05, 3.63) is 34.1 Å². The molecule has 0 saturated carbocycles. The topological polar surface area (TPSA) is 63.1 Å². The van der Waals surface area contributed by atoms with Gasteiger partial charge in [-0.05, 0) is 32.4 Å². The monoisotopic (exact) mass is 276 g/mol. The highest BCUT2D eigenvalue weighted by molar-refractivity contribution is 7.15. The Bertz CT molecular complexity index is 620. The van der Waals surface area contributed by atoms with Crippen LogP contribution in [0.3, 0.4) is 0 Å². The first kappa shape index (κ1) is 13.7. The van der Waals surface area contributed by atoms with Gasteiger partial charge in [0.1, 0.15) is 0 Å². The molecule has 0 aliphatic rings. The molecule has 19 heavy (non-hydrogen) atoms. The fourth-order valence-electron chi connectivity index (χ4n) is 2.02. The fraction of sp³-hybridized carbons (Fsp3) is 0.357. The van der Waals surface area contributed by atoms with E-state index >= 15 is 0 Å². The number of hydrogen-bond acceptors (Lipinski definition) is 4. The minimum absolute atomic E-state index is 0.296. The van der Waals surface area contributed by atoms with E-state index in [0.29, 0.717) is 17.7 Å². The van der Waals surface area contributed by atoms with Crippen molar-refractivity contribution in [1.82, 2.24) is 9.97 Å². The zero-order valence-corrected chi connectivity index (χ0v) is 12.0. The Morgan fingerprint density at radius 2 is 2.05 bits per heavy atom. The molecule has 1 N–H and O–H groups in total. The first-order chi connectivity index (χ1) is 9.02. The third-order valence-corrected chi connectivity index (χ3v) is 3.92. The van der Waals surface area contributed by atoms with E-state index in [1.54, 1.807) is 23.5 Å². The van der Waals surface area contributed by atoms with Gasteiger partial charge in [0.15, 0.2) is 0 Å². The molecule has 2 heterocycles.